The number of ether oxygens (including phenoxy) is 1. The zero-order valence-corrected chi connectivity index (χ0v) is 17.2. The number of nitrogens with one attached hydrogen (secondary N) is 1. The molecule has 1 N–H and O–H groups in total. The Kier molecular flexibility index (Phi) is 6.45. The van der Waals surface area contributed by atoms with Crippen molar-refractivity contribution in [2.24, 2.45) is 0 Å². The molecule has 0 atom stereocenters. The maximum Gasteiger partial charge on any atom is 0.251 e. The molecule has 0 saturated carbocycles. The fourth-order valence-electron chi connectivity index (χ4n) is 3.35. The van der Waals surface area contributed by atoms with Gasteiger partial charge in [-0.2, -0.15) is 0 Å². The lowest BCUT2D eigenvalue weighted by atomic mass is 10.0. The van der Waals surface area contributed by atoms with Crippen molar-refractivity contribution in [1.29, 1.82) is 0 Å². The lowest BCUT2D eigenvalue weighted by Gasteiger charge is -2.29. The topological polar surface area (TPSA) is 75.7 Å². The van der Waals surface area contributed by atoms with Gasteiger partial charge >= 0.3 is 0 Å². The number of carbonyl (C=O) groups is 1. The van der Waals surface area contributed by atoms with Crippen molar-refractivity contribution < 1.29 is 17.9 Å². The SMILES string of the molecule is C#CCOc1ccc(CCNC(=O)c2ccc3c(c2)CCCN3S(C)(=O)=O)cc1. The molecule has 2 aromatic rings. The van der Waals surface area contributed by atoms with E-state index in [0.717, 1.165) is 24.0 Å². The highest BCUT2D eigenvalue weighted by Crippen LogP contribution is 2.29. The van der Waals surface area contributed by atoms with E-state index < -0.39 is 10.0 Å². The Bertz CT molecular complexity index is 1020. The van der Waals surface area contributed by atoms with Gasteiger partial charge in [-0.15, -0.1) is 6.42 Å². The van der Waals surface area contributed by atoms with Crippen LogP contribution in [-0.4, -0.2) is 40.3 Å². The molecule has 29 heavy (non-hydrogen) atoms. The number of amides is 1. The van der Waals surface area contributed by atoms with Crippen LogP contribution in [0.25, 0.3) is 0 Å². The van der Waals surface area contributed by atoms with Crippen molar-refractivity contribution in [3.05, 3.63) is 59.2 Å². The van der Waals surface area contributed by atoms with Gasteiger partial charge in [-0.3, -0.25) is 9.10 Å². The molecule has 2 aromatic carbocycles. The molecule has 1 aliphatic heterocycles. The van der Waals surface area contributed by atoms with E-state index in [1.165, 1.54) is 10.6 Å². The Morgan fingerprint density at radius 2 is 2.00 bits per heavy atom. The largest absolute Gasteiger partial charge is 0.481 e. The summed E-state index contributed by atoms with van der Waals surface area (Å²) >= 11 is 0. The molecule has 0 aliphatic carbocycles. The summed E-state index contributed by atoms with van der Waals surface area (Å²) in [6, 6.07) is 12.8. The quantitative estimate of drug-likeness (QED) is 0.709. The van der Waals surface area contributed by atoms with Crippen LogP contribution in [-0.2, 0) is 22.9 Å². The van der Waals surface area contributed by atoms with Gasteiger partial charge in [0.2, 0.25) is 10.0 Å². The zero-order chi connectivity index (χ0) is 20.9. The molecule has 0 bridgehead atoms. The fourth-order valence-corrected chi connectivity index (χ4v) is 4.34. The first-order chi connectivity index (χ1) is 13.9. The van der Waals surface area contributed by atoms with Crippen molar-refractivity contribution in [2.45, 2.75) is 19.3 Å². The average Bonchev–Trinajstić information content (AvgIpc) is 2.71. The third-order valence-corrected chi connectivity index (χ3v) is 5.94. The molecule has 1 amide bonds. The van der Waals surface area contributed by atoms with Crippen molar-refractivity contribution >= 4 is 21.6 Å². The lowest BCUT2D eigenvalue weighted by molar-refractivity contribution is 0.0954. The van der Waals surface area contributed by atoms with Gasteiger partial charge in [0.1, 0.15) is 12.4 Å². The minimum atomic E-state index is -3.31. The average molecular weight is 413 g/mol. The van der Waals surface area contributed by atoms with Gasteiger partial charge in [0, 0.05) is 18.7 Å². The molecule has 0 aromatic heterocycles. The van der Waals surface area contributed by atoms with Gasteiger partial charge in [-0.25, -0.2) is 8.42 Å². The number of hydrogen-bond donors (Lipinski definition) is 1. The van der Waals surface area contributed by atoms with E-state index in [0.29, 0.717) is 36.5 Å². The number of anilines is 1. The monoisotopic (exact) mass is 412 g/mol. The summed E-state index contributed by atoms with van der Waals surface area (Å²) in [5.74, 6) is 2.97. The molecule has 7 heteroatoms. The molecule has 1 aliphatic rings. The molecular weight excluding hydrogens is 388 g/mol. The van der Waals surface area contributed by atoms with Gasteiger partial charge in [-0.05, 0) is 60.7 Å². The van der Waals surface area contributed by atoms with Crippen molar-refractivity contribution in [3.8, 4) is 18.1 Å². The summed E-state index contributed by atoms with van der Waals surface area (Å²) in [7, 11) is -3.31. The van der Waals surface area contributed by atoms with E-state index in [4.69, 9.17) is 11.2 Å². The molecule has 0 spiro atoms. The van der Waals surface area contributed by atoms with Crippen molar-refractivity contribution in [1.82, 2.24) is 5.32 Å². The van der Waals surface area contributed by atoms with Gasteiger partial charge < -0.3 is 10.1 Å². The number of sulfonamides is 1. The Morgan fingerprint density at radius 3 is 2.69 bits per heavy atom. The highest BCUT2D eigenvalue weighted by Gasteiger charge is 2.24. The summed E-state index contributed by atoms with van der Waals surface area (Å²) in [6.07, 6.45) is 8.56. The molecule has 6 nitrogen and oxygen atoms in total. The standard InChI is InChI=1S/C22H24N2O4S/c1-3-15-28-20-9-6-17(7-10-20)12-13-23-22(25)19-8-11-21-18(16-19)5-4-14-24(21)29(2,26)27/h1,6-11,16H,4-5,12-15H2,2H3,(H,23,25). The second kappa shape index (κ2) is 9.01. The van der Waals surface area contributed by atoms with E-state index in [9.17, 15) is 13.2 Å². The maximum atomic E-state index is 12.5. The number of hydrogen-bond acceptors (Lipinski definition) is 4. The van der Waals surface area contributed by atoms with E-state index in [-0.39, 0.29) is 12.5 Å². The van der Waals surface area contributed by atoms with Crippen molar-refractivity contribution in [3.63, 3.8) is 0 Å². The third-order valence-electron chi connectivity index (χ3n) is 4.76. The maximum absolute atomic E-state index is 12.5. The van der Waals surface area contributed by atoms with E-state index in [1.807, 2.05) is 24.3 Å². The van der Waals surface area contributed by atoms with Crippen LogP contribution >= 0.6 is 0 Å². The number of carbonyl (C=O) groups excluding carboxylic acids is 1. The number of aryl methyl sites for hydroxylation is 1. The molecule has 0 unspecified atom stereocenters. The number of nitrogens with zero attached hydrogens (tertiary/aromatic N) is 1. The van der Waals surface area contributed by atoms with Crippen LogP contribution in [0.3, 0.4) is 0 Å². The summed E-state index contributed by atoms with van der Waals surface area (Å²) in [6.45, 7) is 1.21. The van der Waals surface area contributed by atoms with Crippen LogP contribution in [0.5, 0.6) is 5.75 Å². The number of benzene rings is 2. The number of rotatable bonds is 7. The molecule has 0 saturated heterocycles. The first-order valence-corrected chi connectivity index (χ1v) is 11.3. The molecular formula is C22H24N2O4S. The Labute approximate surface area is 171 Å². The Morgan fingerprint density at radius 1 is 1.24 bits per heavy atom. The summed E-state index contributed by atoms with van der Waals surface area (Å²) in [4.78, 5) is 12.5. The lowest BCUT2D eigenvalue weighted by Crippen LogP contribution is -2.34. The zero-order valence-electron chi connectivity index (χ0n) is 16.3. The molecule has 1 heterocycles. The van der Waals surface area contributed by atoms with Crippen LogP contribution < -0.4 is 14.4 Å². The van der Waals surface area contributed by atoms with Crippen LogP contribution in [0.15, 0.2) is 42.5 Å². The van der Waals surface area contributed by atoms with Crippen LogP contribution in [0.4, 0.5) is 5.69 Å². The number of terminal acetylenes is 1. The smallest absolute Gasteiger partial charge is 0.251 e. The van der Waals surface area contributed by atoms with Gasteiger partial charge in [0.15, 0.2) is 0 Å². The predicted molar refractivity (Wildman–Crippen MR) is 114 cm³/mol. The van der Waals surface area contributed by atoms with Crippen LogP contribution in [0, 0.1) is 12.3 Å². The van der Waals surface area contributed by atoms with Crippen LogP contribution in [0.2, 0.25) is 0 Å². The highest BCUT2D eigenvalue weighted by molar-refractivity contribution is 7.92. The minimum Gasteiger partial charge on any atom is -0.481 e. The Balaban J connectivity index is 1.58. The molecule has 0 radical (unpaired) electrons. The van der Waals surface area contributed by atoms with E-state index in [2.05, 4.69) is 11.2 Å². The van der Waals surface area contributed by atoms with Crippen molar-refractivity contribution in [2.75, 3.05) is 30.3 Å². The van der Waals surface area contributed by atoms with Gasteiger partial charge in [0.05, 0.1) is 11.9 Å². The number of fused-ring (bicyclic) bond motifs is 1. The second-order valence-corrected chi connectivity index (χ2v) is 8.83. The summed E-state index contributed by atoms with van der Waals surface area (Å²) in [5, 5.41) is 2.92. The second-order valence-electron chi connectivity index (χ2n) is 6.92. The summed E-state index contributed by atoms with van der Waals surface area (Å²) < 4.78 is 30.6. The molecule has 0 fully saturated rings. The van der Waals surface area contributed by atoms with E-state index >= 15 is 0 Å². The van der Waals surface area contributed by atoms with Gasteiger partial charge in [0.25, 0.3) is 5.91 Å². The molecule has 152 valence electrons. The normalized spacial score (nSPS) is 13.3. The minimum absolute atomic E-state index is 0.168. The summed E-state index contributed by atoms with van der Waals surface area (Å²) in [5.41, 5.74) is 3.17. The van der Waals surface area contributed by atoms with Crippen LogP contribution in [0.1, 0.15) is 27.9 Å². The Hall–Kier alpha value is -2.98. The highest BCUT2D eigenvalue weighted by atomic mass is 32.2. The van der Waals surface area contributed by atoms with E-state index in [1.54, 1.807) is 18.2 Å². The van der Waals surface area contributed by atoms with Gasteiger partial charge in [-0.1, -0.05) is 18.1 Å². The third kappa shape index (κ3) is 5.30. The first-order valence-electron chi connectivity index (χ1n) is 9.42. The first kappa shape index (κ1) is 20.7. The fraction of sp³-hybridized carbons (Fsp3) is 0.318. The molecule has 3 rings (SSSR count). The predicted octanol–water partition coefficient (Wildman–Crippen LogP) is 2.38.